The minimum absolute atomic E-state index is 0.0495. The van der Waals surface area contributed by atoms with E-state index in [0.29, 0.717) is 6.42 Å². The molecule has 0 aliphatic carbocycles. The minimum atomic E-state index is -0.912. The van der Waals surface area contributed by atoms with Crippen LogP contribution < -0.4 is 11.5 Å². The van der Waals surface area contributed by atoms with Crippen LogP contribution in [0.15, 0.2) is 30.3 Å². The van der Waals surface area contributed by atoms with Crippen LogP contribution in [0.3, 0.4) is 0 Å². The molecule has 1 aromatic carbocycles. The molecule has 2 atom stereocenters. The molecule has 0 aromatic heterocycles. The zero-order valence-corrected chi connectivity index (χ0v) is 8.58. The van der Waals surface area contributed by atoms with E-state index in [2.05, 4.69) is 12.2 Å². The Labute approximate surface area is 88.7 Å². The van der Waals surface area contributed by atoms with Crippen molar-refractivity contribution in [1.82, 2.24) is 0 Å². The third-order valence-corrected chi connectivity index (χ3v) is 2.25. The van der Waals surface area contributed by atoms with Gasteiger partial charge in [0.1, 0.15) is 11.1 Å². The standard InChI is InChI=1S/C10H14N2OS/c11-8(9(13)10(12)14)6-7-4-2-1-3-5-7/h1-5,8-9,13H,6,11H2,(H2,12,14)/t8-,9?/m0/s1. The minimum Gasteiger partial charge on any atom is -0.391 e. The van der Waals surface area contributed by atoms with Gasteiger partial charge in [0.05, 0.1) is 0 Å². The topological polar surface area (TPSA) is 72.3 Å². The van der Waals surface area contributed by atoms with Crippen LogP contribution >= 0.6 is 12.2 Å². The highest BCUT2D eigenvalue weighted by molar-refractivity contribution is 7.80. The average Bonchev–Trinajstić information content (AvgIpc) is 2.18. The normalized spacial score (nSPS) is 14.7. The summed E-state index contributed by atoms with van der Waals surface area (Å²) in [5, 5.41) is 9.47. The van der Waals surface area contributed by atoms with E-state index >= 15 is 0 Å². The quantitative estimate of drug-likeness (QED) is 0.621. The average molecular weight is 210 g/mol. The maximum absolute atomic E-state index is 9.47. The van der Waals surface area contributed by atoms with E-state index in [1.807, 2.05) is 30.3 Å². The van der Waals surface area contributed by atoms with Crippen molar-refractivity contribution in [1.29, 1.82) is 0 Å². The summed E-state index contributed by atoms with van der Waals surface area (Å²) in [6.07, 6.45) is -0.343. The van der Waals surface area contributed by atoms with Crippen LogP contribution in [-0.4, -0.2) is 22.2 Å². The van der Waals surface area contributed by atoms with Crippen molar-refractivity contribution < 1.29 is 5.11 Å². The van der Waals surface area contributed by atoms with E-state index in [9.17, 15) is 5.11 Å². The van der Waals surface area contributed by atoms with Crippen molar-refractivity contribution in [2.45, 2.75) is 18.6 Å². The van der Waals surface area contributed by atoms with E-state index in [1.165, 1.54) is 0 Å². The smallest absolute Gasteiger partial charge is 0.119 e. The molecule has 0 saturated carbocycles. The van der Waals surface area contributed by atoms with E-state index in [0.717, 1.165) is 5.56 Å². The summed E-state index contributed by atoms with van der Waals surface area (Å²) < 4.78 is 0. The van der Waals surface area contributed by atoms with Crippen LogP contribution in [0, 0.1) is 0 Å². The van der Waals surface area contributed by atoms with Crippen LogP contribution in [0.2, 0.25) is 0 Å². The van der Waals surface area contributed by atoms with Gasteiger partial charge in [0, 0.05) is 6.04 Å². The Morgan fingerprint density at radius 3 is 2.43 bits per heavy atom. The SMILES string of the molecule is NC(=S)C(O)[C@@H](N)Cc1ccccc1. The first kappa shape index (κ1) is 11.1. The molecule has 76 valence electrons. The van der Waals surface area contributed by atoms with Gasteiger partial charge in [-0.2, -0.15) is 0 Å². The monoisotopic (exact) mass is 210 g/mol. The number of aliphatic hydroxyl groups is 1. The number of hydrogen-bond donors (Lipinski definition) is 3. The van der Waals surface area contributed by atoms with Gasteiger partial charge in [0.2, 0.25) is 0 Å². The van der Waals surface area contributed by atoms with Crippen LogP contribution in [0.1, 0.15) is 5.56 Å². The lowest BCUT2D eigenvalue weighted by atomic mass is 10.0. The summed E-state index contributed by atoms with van der Waals surface area (Å²) in [6.45, 7) is 0. The van der Waals surface area contributed by atoms with Crippen LogP contribution in [0.5, 0.6) is 0 Å². The predicted octanol–water partition coefficient (Wildman–Crippen LogP) is 0.203. The van der Waals surface area contributed by atoms with E-state index in [1.54, 1.807) is 0 Å². The van der Waals surface area contributed by atoms with Gasteiger partial charge in [-0.3, -0.25) is 0 Å². The Bertz CT molecular complexity index is 302. The van der Waals surface area contributed by atoms with Crippen LogP contribution in [0.25, 0.3) is 0 Å². The second-order valence-electron chi connectivity index (χ2n) is 3.20. The summed E-state index contributed by atoms with van der Waals surface area (Å²) in [4.78, 5) is 0.0495. The zero-order chi connectivity index (χ0) is 10.6. The lowest BCUT2D eigenvalue weighted by Crippen LogP contribution is -2.44. The summed E-state index contributed by atoms with van der Waals surface area (Å²) in [5.74, 6) is 0. The fourth-order valence-corrected chi connectivity index (χ4v) is 1.38. The molecule has 14 heavy (non-hydrogen) atoms. The number of thiocarbonyl (C=S) groups is 1. The van der Waals surface area contributed by atoms with Gasteiger partial charge in [-0.15, -0.1) is 0 Å². The zero-order valence-electron chi connectivity index (χ0n) is 7.76. The van der Waals surface area contributed by atoms with Crippen LogP contribution in [-0.2, 0) is 6.42 Å². The maximum Gasteiger partial charge on any atom is 0.119 e. The molecule has 3 nitrogen and oxygen atoms in total. The molecule has 0 amide bonds. The summed E-state index contributed by atoms with van der Waals surface area (Å²) >= 11 is 4.66. The van der Waals surface area contributed by atoms with Gasteiger partial charge in [0.25, 0.3) is 0 Å². The third kappa shape index (κ3) is 3.06. The molecule has 0 bridgehead atoms. The van der Waals surface area contributed by atoms with Gasteiger partial charge < -0.3 is 16.6 Å². The highest BCUT2D eigenvalue weighted by Gasteiger charge is 2.17. The molecular weight excluding hydrogens is 196 g/mol. The first-order valence-electron chi connectivity index (χ1n) is 4.38. The maximum atomic E-state index is 9.47. The molecule has 0 heterocycles. The first-order valence-corrected chi connectivity index (χ1v) is 4.79. The molecule has 0 aliphatic heterocycles. The van der Waals surface area contributed by atoms with Crippen molar-refractivity contribution in [2.24, 2.45) is 11.5 Å². The van der Waals surface area contributed by atoms with Gasteiger partial charge in [-0.05, 0) is 12.0 Å². The molecule has 0 spiro atoms. The Balaban J connectivity index is 2.57. The van der Waals surface area contributed by atoms with E-state index in [-0.39, 0.29) is 4.99 Å². The Morgan fingerprint density at radius 1 is 1.36 bits per heavy atom. The van der Waals surface area contributed by atoms with E-state index in [4.69, 9.17) is 11.5 Å². The number of aliphatic hydroxyl groups excluding tert-OH is 1. The molecule has 0 saturated heterocycles. The molecule has 1 rings (SSSR count). The van der Waals surface area contributed by atoms with Crippen molar-refractivity contribution in [3.05, 3.63) is 35.9 Å². The Morgan fingerprint density at radius 2 is 1.93 bits per heavy atom. The summed E-state index contributed by atoms with van der Waals surface area (Å²) in [7, 11) is 0. The van der Waals surface area contributed by atoms with Crippen molar-refractivity contribution >= 4 is 17.2 Å². The molecule has 1 aromatic rings. The molecular formula is C10H14N2OS. The van der Waals surface area contributed by atoms with Gasteiger partial charge in [-0.1, -0.05) is 42.5 Å². The fraction of sp³-hybridized carbons (Fsp3) is 0.300. The third-order valence-electron chi connectivity index (χ3n) is 2.01. The molecule has 5 N–H and O–H groups in total. The predicted molar refractivity (Wildman–Crippen MR) is 60.9 cm³/mol. The van der Waals surface area contributed by atoms with Crippen LogP contribution in [0.4, 0.5) is 0 Å². The second-order valence-corrected chi connectivity index (χ2v) is 3.67. The molecule has 4 heteroatoms. The Hall–Kier alpha value is -0.970. The van der Waals surface area contributed by atoms with E-state index < -0.39 is 12.1 Å². The number of rotatable bonds is 4. The largest absolute Gasteiger partial charge is 0.391 e. The highest BCUT2D eigenvalue weighted by atomic mass is 32.1. The lowest BCUT2D eigenvalue weighted by Gasteiger charge is -2.17. The van der Waals surface area contributed by atoms with Crippen molar-refractivity contribution in [3.8, 4) is 0 Å². The molecule has 1 unspecified atom stereocenters. The molecule has 0 aliphatic rings. The first-order chi connectivity index (χ1) is 6.61. The number of hydrogen-bond acceptors (Lipinski definition) is 3. The van der Waals surface area contributed by atoms with Gasteiger partial charge in [-0.25, -0.2) is 0 Å². The highest BCUT2D eigenvalue weighted by Crippen LogP contribution is 2.04. The lowest BCUT2D eigenvalue weighted by molar-refractivity contribution is 0.210. The molecule has 0 radical (unpaired) electrons. The van der Waals surface area contributed by atoms with Crippen molar-refractivity contribution in [2.75, 3.05) is 0 Å². The summed E-state index contributed by atoms with van der Waals surface area (Å²) in [6, 6.07) is 9.25. The second kappa shape index (κ2) is 5.05. The van der Waals surface area contributed by atoms with Gasteiger partial charge in [0.15, 0.2) is 0 Å². The summed E-state index contributed by atoms with van der Waals surface area (Å²) in [5.41, 5.74) is 12.1. The van der Waals surface area contributed by atoms with Crippen molar-refractivity contribution in [3.63, 3.8) is 0 Å². The number of benzene rings is 1. The molecule has 0 fully saturated rings. The Kier molecular flexibility index (Phi) is 4.00. The van der Waals surface area contributed by atoms with Gasteiger partial charge >= 0.3 is 0 Å². The number of nitrogens with two attached hydrogens (primary N) is 2. The fourth-order valence-electron chi connectivity index (χ4n) is 1.21.